The number of aromatic nitrogens is 3. The van der Waals surface area contributed by atoms with Crippen LogP contribution < -0.4 is 10.1 Å². The van der Waals surface area contributed by atoms with Gasteiger partial charge in [-0.15, -0.1) is 0 Å². The minimum atomic E-state index is 0.0759. The summed E-state index contributed by atoms with van der Waals surface area (Å²) in [5.74, 6) is 2.50. The van der Waals surface area contributed by atoms with Crippen LogP contribution in [0.25, 0.3) is 11.0 Å². The quantitative estimate of drug-likeness (QED) is 0.670. The molecule has 1 aliphatic carbocycles. The first kappa shape index (κ1) is 19.1. The molecule has 0 amide bonds. The molecule has 162 valence electrons. The molecule has 7 nitrogen and oxygen atoms in total. The van der Waals surface area contributed by atoms with Crippen LogP contribution in [0.3, 0.4) is 0 Å². The minimum absolute atomic E-state index is 0.0759. The molecular weight excluding hydrogens is 390 g/mol. The van der Waals surface area contributed by atoms with Gasteiger partial charge in [0.05, 0.1) is 30.2 Å². The Balaban J connectivity index is 1.39. The van der Waals surface area contributed by atoms with E-state index >= 15 is 0 Å². The summed E-state index contributed by atoms with van der Waals surface area (Å²) < 4.78 is 12.0. The molecule has 1 saturated carbocycles. The number of aryl methyl sites for hydroxylation is 1. The number of rotatable bonds is 4. The van der Waals surface area contributed by atoms with Crippen molar-refractivity contribution in [2.45, 2.75) is 50.8 Å². The Kier molecular flexibility index (Phi) is 4.61. The van der Waals surface area contributed by atoms with E-state index in [2.05, 4.69) is 63.3 Å². The SMILES string of the molecule is Cc1ccc2c(c1)OC[C@H](N1CCO[C@H](C)C1)[C@H]2Nc1ncnc2[nH]c(C3CC3)cc12. The van der Waals surface area contributed by atoms with Gasteiger partial charge in [-0.2, -0.15) is 0 Å². The molecule has 6 rings (SSSR count). The molecule has 0 radical (unpaired) electrons. The molecule has 2 N–H and O–H groups in total. The van der Waals surface area contributed by atoms with Gasteiger partial charge in [0.15, 0.2) is 0 Å². The van der Waals surface area contributed by atoms with Gasteiger partial charge in [0.2, 0.25) is 0 Å². The fourth-order valence-electron chi connectivity index (χ4n) is 4.98. The summed E-state index contributed by atoms with van der Waals surface area (Å²) in [6, 6.07) is 9.01. The molecule has 1 saturated heterocycles. The van der Waals surface area contributed by atoms with E-state index in [4.69, 9.17) is 9.47 Å². The number of hydrogen-bond acceptors (Lipinski definition) is 6. The first-order valence-electron chi connectivity index (χ1n) is 11.3. The lowest BCUT2D eigenvalue weighted by atomic mass is 9.93. The Hall–Kier alpha value is -2.64. The number of hydrogen-bond donors (Lipinski definition) is 2. The molecule has 1 aromatic carbocycles. The zero-order chi connectivity index (χ0) is 20.9. The van der Waals surface area contributed by atoms with Crippen molar-refractivity contribution in [3.63, 3.8) is 0 Å². The van der Waals surface area contributed by atoms with Crippen LogP contribution in [0.4, 0.5) is 5.82 Å². The molecule has 2 aliphatic heterocycles. The number of ether oxygens (including phenoxy) is 2. The molecule has 3 aromatic rings. The van der Waals surface area contributed by atoms with E-state index in [9.17, 15) is 0 Å². The molecule has 2 fully saturated rings. The second kappa shape index (κ2) is 7.50. The van der Waals surface area contributed by atoms with Crippen LogP contribution in [0.1, 0.15) is 48.5 Å². The molecule has 0 unspecified atom stereocenters. The highest BCUT2D eigenvalue weighted by Gasteiger charge is 2.37. The Morgan fingerprint density at radius 1 is 1.19 bits per heavy atom. The van der Waals surface area contributed by atoms with Gasteiger partial charge in [-0.25, -0.2) is 9.97 Å². The standard InChI is InChI=1S/C24H29N5O2/c1-14-3-6-17-21(9-14)31-12-20(29-7-8-30-15(2)11-29)22(17)28-24-18-10-19(16-4-5-16)27-23(18)25-13-26-24/h3,6,9-10,13,15-16,20,22H,4-5,7-8,11-12H2,1-2H3,(H2,25,26,27,28)/t15-,20+,22+/m1/s1. The zero-order valence-electron chi connectivity index (χ0n) is 18.1. The van der Waals surface area contributed by atoms with E-state index in [0.717, 1.165) is 42.3 Å². The maximum atomic E-state index is 6.24. The molecule has 7 heteroatoms. The summed E-state index contributed by atoms with van der Waals surface area (Å²) in [4.78, 5) is 15.1. The molecule has 0 bridgehead atoms. The Morgan fingerprint density at radius 2 is 2.10 bits per heavy atom. The number of aromatic amines is 1. The van der Waals surface area contributed by atoms with Crippen LogP contribution in [-0.4, -0.2) is 58.3 Å². The lowest BCUT2D eigenvalue weighted by Gasteiger charge is -2.43. The summed E-state index contributed by atoms with van der Waals surface area (Å²) in [7, 11) is 0. The van der Waals surface area contributed by atoms with Crippen molar-refractivity contribution in [1.29, 1.82) is 0 Å². The number of anilines is 1. The molecule has 0 spiro atoms. The lowest BCUT2D eigenvalue weighted by Crippen LogP contribution is -2.54. The predicted octanol–water partition coefficient (Wildman–Crippen LogP) is 3.78. The molecular formula is C24H29N5O2. The summed E-state index contributed by atoms with van der Waals surface area (Å²) in [5.41, 5.74) is 4.58. The molecule has 3 aliphatic rings. The average Bonchev–Trinajstić information content (AvgIpc) is 3.52. The van der Waals surface area contributed by atoms with Gasteiger partial charge in [0.25, 0.3) is 0 Å². The van der Waals surface area contributed by atoms with Crippen molar-refractivity contribution in [1.82, 2.24) is 19.9 Å². The number of morpholine rings is 1. The minimum Gasteiger partial charge on any atom is -0.491 e. The average molecular weight is 420 g/mol. The monoisotopic (exact) mass is 419 g/mol. The van der Waals surface area contributed by atoms with Crippen LogP contribution in [0.5, 0.6) is 5.75 Å². The normalized spacial score (nSPS) is 26.5. The number of H-pyrrole nitrogens is 1. The smallest absolute Gasteiger partial charge is 0.143 e. The molecule has 4 heterocycles. The van der Waals surface area contributed by atoms with Gasteiger partial charge in [-0.1, -0.05) is 12.1 Å². The van der Waals surface area contributed by atoms with E-state index in [1.54, 1.807) is 6.33 Å². The van der Waals surface area contributed by atoms with Crippen molar-refractivity contribution in [3.8, 4) is 5.75 Å². The van der Waals surface area contributed by atoms with Gasteiger partial charge in [0, 0.05) is 24.3 Å². The molecule has 31 heavy (non-hydrogen) atoms. The van der Waals surface area contributed by atoms with Crippen LogP contribution in [0.2, 0.25) is 0 Å². The first-order chi connectivity index (χ1) is 15.2. The maximum absolute atomic E-state index is 6.24. The summed E-state index contributed by atoms with van der Waals surface area (Å²) in [6.07, 6.45) is 4.39. The van der Waals surface area contributed by atoms with Crippen molar-refractivity contribution in [2.24, 2.45) is 0 Å². The number of nitrogens with zero attached hydrogens (tertiary/aromatic N) is 3. The third-order valence-corrected chi connectivity index (χ3v) is 6.80. The van der Waals surface area contributed by atoms with E-state index in [1.165, 1.54) is 29.7 Å². The maximum Gasteiger partial charge on any atom is 0.143 e. The first-order valence-corrected chi connectivity index (χ1v) is 11.3. The van der Waals surface area contributed by atoms with Crippen molar-refractivity contribution in [3.05, 3.63) is 47.4 Å². The van der Waals surface area contributed by atoms with Crippen molar-refractivity contribution in [2.75, 3.05) is 31.6 Å². The summed E-state index contributed by atoms with van der Waals surface area (Å²) in [6.45, 7) is 7.47. The predicted molar refractivity (Wildman–Crippen MR) is 120 cm³/mol. The Labute approximate surface area is 182 Å². The van der Waals surface area contributed by atoms with E-state index < -0.39 is 0 Å². The van der Waals surface area contributed by atoms with Crippen LogP contribution in [-0.2, 0) is 4.74 Å². The van der Waals surface area contributed by atoms with Gasteiger partial charge < -0.3 is 19.8 Å². The zero-order valence-corrected chi connectivity index (χ0v) is 18.1. The van der Waals surface area contributed by atoms with E-state index in [1.807, 2.05) is 0 Å². The fraction of sp³-hybridized carbons (Fsp3) is 0.500. The second-order valence-electron chi connectivity index (χ2n) is 9.20. The molecule has 2 aromatic heterocycles. The van der Waals surface area contributed by atoms with Gasteiger partial charge in [0.1, 0.15) is 30.1 Å². The highest BCUT2D eigenvalue weighted by atomic mass is 16.5. The Bertz CT molecular complexity index is 1110. The van der Waals surface area contributed by atoms with Crippen LogP contribution in [0, 0.1) is 6.92 Å². The number of nitrogens with one attached hydrogen (secondary N) is 2. The summed E-state index contributed by atoms with van der Waals surface area (Å²) in [5, 5.41) is 4.87. The highest BCUT2D eigenvalue weighted by Crippen LogP contribution is 2.42. The third-order valence-electron chi connectivity index (χ3n) is 6.80. The lowest BCUT2D eigenvalue weighted by molar-refractivity contribution is -0.0465. The van der Waals surface area contributed by atoms with E-state index in [0.29, 0.717) is 12.5 Å². The van der Waals surface area contributed by atoms with Gasteiger partial charge >= 0.3 is 0 Å². The van der Waals surface area contributed by atoms with E-state index in [-0.39, 0.29) is 18.2 Å². The topological polar surface area (TPSA) is 75.3 Å². The van der Waals surface area contributed by atoms with Gasteiger partial charge in [-0.05, 0) is 50.3 Å². The van der Waals surface area contributed by atoms with Crippen molar-refractivity contribution >= 4 is 16.9 Å². The second-order valence-corrected chi connectivity index (χ2v) is 9.20. The third kappa shape index (κ3) is 3.55. The van der Waals surface area contributed by atoms with Crippen LogP contribution >= 0.6 is 0 Å². The largest absolute Gasteiger partial charge is 0.491 e. The van der Waals surface area contributed by atoms with Gasteiger partial charge in [-0.3, -0.25) is 4.90 Å². The van der Waals surface area contributed by atoms with Crippen molar-refractivity contribution < 1.29 is 9.47 Å². The highest BCUT2D eigenvalue weighted by molar-refractivity contribution is 5.88. The van der Waals surface area contributed by atoms with Crippen LogP contribution in [0.15, 0.2) is 30.6 Å². The number of fused-ring (bicyclic) bond motifs is 2. The Morgan fingerprint density at radius 3 is 2.94 bits per heavy atom. The number of benzene rings is 1. The molecule has 3 atom stereocenters. The summed E-state index contributed by atoms with van der Waals surface area (Å²) >= 11 is 0. The fourth-order valence-corrected chi connectivity index (χ4v) is 4.98.